The van der Waals surface area contributed by atoms with E-state index in [0.717, 1.165) is 5.69 Å². The first-order valence-electron chi connectivity index (χ1n) is 5.25. The van der Waals surface area contributed by atoms with E-state index >= 15 is 0 Å². The molecule has 0 amide bonds. The SMILES string of the molecule is O=c1ccncn1CCNc1cccc(Cl)c1. The molecular formula is C12H12ClN3O. The zero-order valence-corrected chi connectivity index (χ0v) is 9.89. The molecule has 0 saturated carbocycles. The lowest BCUT2D eigenvalue weighted by Gasteiger charge is -2.07. The molecule has 0 fully saturated rings. The van der Waals surface area contributed by atoms with Crippen LogP contribution in [0.2, 0.25) is 5.02 Å². The van der Waals surface area contributed by atoms with Gasteiger partial charge in [-0.15, -0.1) is 0 Å². The predicted molar refractivity (Wildman–Crippen MR) is 68.4 cm³/mol. The minimum absolute atomic E-state index is 0.0482. The van der Waals surface area contributed by atoms with E-state index in [4.69, 9.17) is 11.6 Å². The Morgan fingerprint density at radius 2 is 2.24 bits per heavy atom. The molecule has 4 nitrogen and oxygen atoms in total. The average Bonchev–Trinajstić information content (AvgIpc) is 2.32. The van der Waals surface area contributed by atoms with E-state index in [2.05, 4.69) is 10.3 Å². The third kappa shape index (κ3) is 3.32. The standard InChI is InChI=1S/C12H12ClN3O/c13-10-2-1-3-11(8-10)15-6-7-16-9-14-5-4-12(16)17/h1-5,8-9,15H,6-7H2. The highest BCUT2D eigenvalue weighted by molar-refractivity contribution is 6.30. The van der Waals surface area contributed by atoms with Gasteiger partial charge >= 0.3 is 0 Å². The maximum atomic E-state index is 11.4. The minimum Gasteiger partial charge on any atom is -0.383 e. The first kappa shape index (κ1) is 11.7. The van der Waals surface area contributed by atoms with Crippen LogP contribution in [-0.2, 0) is 6.54 Å². The maximum Gasteiger partial charge on any atom is 0.253 e. The zero-order chi connectivity index (χ0) is 12.1. The Labute approximate surface area is 104 Å². The Morgan fingerprint density at radius 3 is 3.00 bits per heavy atom. The third-order valence-corrected chi connectivity index (χ3v) is 2.53. The van der Waals surface area contributed by atoms with Crippen molar-refractivity contribution in [2.45, 2.75) is 6.54 Å². The van der Waals surface area contributed by atoms with E-state index in [-0.39, 0.29) is 5.56 Å². The van der Waals surface area contributed by atoms with Crippen LogP contribution >= 0.6 is 11.6 Å². The topological polar surface area (TPSA) is 46.9 Å². The van der Waals surface area contributed by atoms with Gasteiger partial charge in [0, 0.05) is 36.1 Å². The van der Waals surface area contributed by atoms with Crippen molar-refractivity contribution < 1.29 is 0 Å². The van der Waals surface area contributed by atoms with Crippen LogP contribution in [0.3, 0.4) is 0 Å². The van der Waals surface area contributed by atoms with Gasteiger partial charge in [-0.05, 0) is 18.2 Å². The van der Waals surface area contributed by atoms with Crippen LogP contribution in [0.15, 0.2) is 47.7 Å². The summed E-state index contributed by atoms with van der Waals surface area (Å²) in [5.74, 6) is 0. The summed E-state index contributed by atoms with van der Waals surface area (Å²) >= 11 is 5.86. The van der Waals surface area contributed by atoms with E-state index in [1.807, 2.05) is 24.3 Å². The van der Waals surface area contributed by atoms with Crippen LogP contribution in [0, 0.1) is 0 Å². The maximum absolute atomic E-state index is 11.4. The molecule has 0 unspecified atom stereocenters. The Morgan fingerprint density at radius 1 is 1.35 bits per heavy atom. The largest absolute Gasteiger partial charge is 0.383 e. The van der Waals surface area contributed by atoms with Gasteiger partial charge in [-0.1, -0.05) is 17.7 Å². The van der Waals surface area contributed by atoms with Crippen LogP contribution < -0.4 is 10.9 Å². The molecule has 2 rings (SSSR count). The average molecular weight is 250 g/mol. The van der Waals surface area contributed by atoms with E-state index in [9.17, 15) is 4.79 Å². The highest BCUT2D eigenvalue weighted by atomic mass is 35.5. The monoisotopic (exact) mass is 249 g/mol. The fourth-order valence-corrected chi connectivity index (χ4v) is 1.66. The highest BCUT2D eigenvalue weighted by Crippen LogP contribution is 2.14. The Bertz CT molecular complexity index is 553. The van der Waals surface area contributed by atoms with Crippen molar-refractivity contribution in [2.75, 3.05) is 11.9 Å². The summed E-state index contributed by atoms with van der Waals surface area (Å²) in [7, 11) is 0. The van der Waals surface area contributed by atoms with Crippen molar-refractivity contribution in [1.29, 1.82) is 0 Å². The molecule has 0 aliphatic heterocycles. The van der Waals surface area contributed by atoms with E-state index in [0.29, 0.717) is 18.1 Å². The molecule has 0 saturated heterocycles. The first-order chi connectivity index (χ1) is 8.25. The molecule has 5 heteroatoms. The summed E-state index contributed by atoms with van der Waals surface area (Å²) in [5, 5.41) is 3.88. The van der Waals surface area contributed by atoms with Crippen LogP contribution in [0.4, 0.5) is 5.69 Å². The smallest absolute Gasteiger partial charge is 0.253 e. The summed E-state index contributed by atoms with van der Waals surface area (Å²) in [6.45, 7) is 1.21. The van der Waals surface area contributed by atoms with Crippen LogP contribution in [0.1, 0.15) is 0 Å². The minimum atomic E-state index is -0.0482. The number of nitrogens with zero attached hydrogens (tertiary/aromatic N) is 2. The second-order valence-electron chi connectivity index (χ2n) is 3.55. The fourth-order valence-electron chi connectivity index (χ4n) is 1.47. The van der Waals surface area contributed by atoms with Gasteiger partial charge in [0.15, 0.2) is 0 Å². The van der Waals surface area contributed by atoms with E-state index < -0.39 is 0 Å². The lowest BCUT2D eigenvalue weighted by atomic mass is 10.3. The molecule has 0 spiro atoms. The lowest BCUT2D eigenvalue weighted by molar-refractivity contribution is 0.680. The number of rotatable bonds is 4. The molecule has 0 atom stereocenters. The second-order valence-corrected chi connectivity index (χ2v) is 3.99. The predicted octanol–water partition coefficient (Wildman–Crippen LogP) is 2.01. The summed E-state index contributed by atoms with van der Waals surface area (Å²) in [6, 6.07) is 8.91. The van der Waals surface area contributed by atoms with E-state index in [1.54, 1.807) is 4.57 Å². The summed E-state index contributed by atoms with van der Waals surface area (Å²) in [4.78, 5) is 15.3. The van der Waals surface area contributed by atoms with Crippen LogP contribution in [0.25, 0.3) is 0 Å². The Kier molecular flexibility index (Phi) is 3.77. The fraction of sp³-hybridized carbons (Fsp3) is 0.167. The number of hydrogen-bond donors (Lipinski definition) is 1. The molecule has 0 radical (unpaired) electrons. The summed E-state index contributed by atoms with van der Waals surface area (Å²) in [6.07, 6.45) is 3.02. The number of nitrogens with one attached hydrogen (secondary N) is 1. The van der Waals surface area contributed by atoms with Crippen molar-refractivity contribution >= 4 is 17.3 Å². The third-order valence-electron chi connectivity index (χ3n) is 2.30. The zero-order valence-electron chi connectivity index (χ0n) is 9.14. The molecule has 17 heavy (non-hydrogen) atoms. The van der Waals surface area contributed by atoms with Gasteiger partial charge in [0.05, 0.1) is 6.33 Å². The summed E-state index contributed by atoms with van der Waals surface area (Å²) in [5.41, 5.74) is 0.891. The van der Waals surface area contributed by atoms with Gasteiger partial charge in [0.1, 0.15) is 0 Å². The van der Waals surface area contributed by atoms with Gasteiger partial charge in [0.25, 0.3) is 5.56 Å². The second kappa shape index (κ2) is 5.50. The van der Waals surface area contributed by atoms with Gasteiger partial charge in [-0.25, -0.2) is 4.98 Å². The molecule has 2 aromatic rings. The van der Waals surface area contributed by atoms with Crippen molar-refractivity contribution in [1.82, 2.24) is 9.55 Å². The molecule has 88 valence electrons. The molecule has 1 aromatic heterocycles. The molecule has 0 aliphatic rings. The quantitative estimate of drug-likeness (QED) is 0.902. The van der Waals surface area contributed by atoms with Gasteiger partial charge in [-0.2, -0.15) is 0 Å². The number of benzene rings is 1. The number of anilines is 1. The molecule has 1 N–H and O–H groups in total. The number of hydrogen-bond acceptors (Lipinski definition) is 3. The van der Waals surface area contributed by atoms with E-state index in [1.165, 1.54) is 18.6 Å². The van der Waals surface area contributed by atoms with Crippen molar-refractivity contribution in [3.63, 3.8) is 0 Å². The molecule has 1 heterocycles. The molecule has 0 bridgehead atoms. The Hall–Kier alpha value is -1.81. The molecular weight excluding hydrogens is 238 g/mol. The van der Waals surface area contributed by atoms with Gasteiger partial charge < -0.3 is 5.32 Å². The molecule has 1 aromatic carbocycles. The van der Waals surface area contributed by atoms with Crippen LogP contribution in [-0.4, -0.2) is 16.1 Å². The van der Waals surface area contributed by atoms with Crippen LogP contribution in [0.5, 0.6) is 0 Å². The lowest BCUT2D eigenvalue weighted by Crippen LogP contribution is -2.22. The van der Waals surface area contributed by atoms with Gasteiger partial charge in [-0.3, -0.25) is 9.36 Å². The highest BCUT2D eigenvalue weighted by Gasteiger charge is 1.95. The van der Waals surface area contributed by atoms with Gasteiger partial charge in [0.2, 0.25) is 0 Å². The first-order valence-corrected chi connectivity index (χ1v) is 5.63. The van der Waals surface area contributed by atoms with Crippen molar-refractivity contribution in [3.05, 3.63) is 58.2 Å². The normalized spacial score (nSPS) is 10.2. The van der Waals surface area contributed by atoms with Crippen molar-refractivity contribution in [2.24, 2.45) is 0 Å². The Balaban J connectivity index is 1.92. The summed E-state index contributed by atoms with van der Waals surface area (Å²) < 4.78 is 1.55. The molecule has 0 aliphatic carbocycles. The number of aromatic nitrogens is 2. The number of halogens is 1. The van der Waals surface area contributed by atoms with Crippen molar-refractivity contribution in [3.8, 4) is 0 Å².